The molecule has 2 aliphatic rings. The van der Waals surface area contributed by atoms with E-state index < -0.39 is 86.8 Å². The van der Waals surface area contributed by atoms with Crippen molar-refractivity contribution in [2.24, 2.45) is 0 Å². The summed E-state index contributed by atoms with van der Waals surface area (Å²) in [5.41, 5.74) is 0. The minimum Gasteiger partial charge on any atom is -0.394 e. The summed E-state index contributed by atoms with van der Waals surface area (Å²) in [5.74, 6) is -0.264. The van der Waals surface area contributed by atoms with Crippen molar-refractivity contribution in [1.29, 1.82) is 0 Å². The van der Waals surface area contributed by atoms with Crippen molar-refractivity contribution < 1.29 is 64.6 Å². The second kappa shape index (κ2) is 39.6. The van der Waals surface area contributed by atoms with Gasteiger partial charge in [-0.2, -0.15) is 0 Å². The molecule has 0 aromatic carbocycles. The van der Waals surface area contributed by atoms with E-state index in [2.05, 4.69) is 55.6 Å². The van der Waals surface area contributed by atoms with E-state index in [4.69, 9.17) is 18.9 Å². The SMILES string of the molecule is CCCCCCC/C=C\CCCCCCCC(=O)NC(COC1OC(CO)C(OC2OC(CO)C(O)C(O)C2O)C(O)C1O)C(O)/C=C/CC/C=C/CC/C=C/CCCCCCCCCCC. The van der Waals surface area contributed by atoms with Crippen LogP contribution in [0.25, 0.3) is 0 Å². The van der Waals surface area contributed by atoms with Crippen LogP contribution in [0.2, 0.25) is 0 Å². The van der Waals surface area contributed by atoms with E-state index in [-0.39, 0.29) is 18.9 Å². The molecule has 0 saturated carbocycles. The maximum absolute atomic E-state index is 13.2. The minimum atomic E-state index is -1.79. The fourth-order valence-corrected chi connectivity index (χ4v) is 8.37. The molecule has 0 bridgehead atoms. The van der Waals surface area contributed by atoms with Crippen LogP contribution in [0, 0.1) is 0 Å². The van der Waals surface area contributed by atoms with Gasteiger partial charge in [-0.15, -0.1) is 0 Å². The zero-order valence-corrected chi connectivity index (χ0v) is 41.4. The molecule has 9 N–H and O–H groups in total. The molecule has 14 nitrogen and oxygen atoms in total. The third kappa shape index (κ3) is 26.7. The second-order valence-electron chi connectivity index (χ2n) is 18.6. The van der Waals surface area contributed by atoms with E-state index in [1.807, 2.05) is 6.08 Å². The number of hydrogen-bond acceptors (Lipinski definition) is 13. The lowest BCUT2D eigenvalue weighted by molar-refractivity contribution is -0.359. The van der Waals surface area contributed by atoms with E-state index in [1.165, 1.54) is 89.9 Å². The molecule has 0 spiro atoms. The first kappa shape index (κ1) is 61.1. The number of aliphatic hydroxyl groups excluding tert-OH is 8. The molecule has 0 aromatic heterocycles. The van der Waals surface area contributed by atoms with Gasteiger partial charge in [0.15, 0.2) is 12.6 Å². The molecule has 0 aliphatic carbocycles. The van der Waals surface area contributed by atoms with Crippen molar-refractivity contribution >= 4 is 5.91 Å². The Labute approximate surface area is 403 Å². The van der Waals surface area contributed by atoms with E-state index in [0.29, 0.717) is 12.8 Å². The summed E-state index contributed by atoms with van der Waals surface area (Å²) in [6.45, 7) is 2.73. The highest BCUT2D eigenvalue weighted by molar-refractivity contribution is 5.76. The summed E-state index contributed by atoms with van der Waals surface area (Å²) in [4.78, 5) is 13.2. The van der Waals surface area contributed by atoms with E-state index in [1.54, 1.807) is 6.08 Å². The molecule has 12 atom stereocenters. The monoisotopic (exact) mass is 954 g/mol. The standard InChI is InChI=1S/C53H95NO13/c1-3-5-7-9-11-13-15-17-19-20-21-22-23-24-26-28-30-32-34-36-42(57)41(54-45(58)37-35-33-31-29-27-25-18-16-14-12-10-8-6-4-2)40-64-52-50(63)48(61)51(44(39-56)66-52)67-53-49(62)47(60)46(59)43(38-55)65-53/h16,18,21-22,26,28,34,36,41-44,46-53,55-57,59-63H,3-15,17,19-20,23-25,27,29-33,35,37-40H2,1-2H3,(H,54,58)/b18-16-,22-21+,28-26+,36-34+. The Balaban J connectivity index is 1.87. The largest absolute Gasteiger partial charge is 0.394 e. The van der Waals surface area contributed by atoms with Crippen LogP contribution in [-0.4, -0.2) is 140 Å². The Morgan fingerprint density at radius 2 is 0.955 bits per heavy atom. The molecular weight excluding hydrogens is 859 g/mol. The number of ether oxygens (including phenoxy) is 4. The highest BCUT2D eigenvalue weighted by Gasteiger charge is 2.51. The predicted molar refractivity (Wildman–Crippen MR) is 263 cm³/mol. The van der Waals surface area contributed by atoms with Gasteiger partial charge in [0.1, 0.15) is 48.8 Å². The lowest BCUT2D eigenvalue weighted by Gasteiger charge is -2.46. The lowest BCUT2D eigenvalue weighted by Crippen LogP contribution is -2.65. The number of rotatable bonds is 40. The molecule has 1 amide bonds. The van der Waals surface area contributed by atoms with Crippen molar-refractivity contribution in [3.05, 3.63) is 48.6 Å². The van der Waals surface area contributed by atoms with Crippen molar-refractivity contribution in [3.8, 4) is 0 Å². The summed E-state index contributed by atoms with van der Waals surface area (Å²) < 4.78 is 22.7. The van der Waals surface area contributed by atoms with Crippen molar-refractivity contribution in [2.75, 3.05) is 19.8 Å². The molecule has 2 saturated heterocycles. The van der Waals surface area contributed by atoms with E-state index in [0.717, 1.165) is 64.2 Å². The van der Waals surface area contributed by atoms with Gasteiger partial charge < -0.3 is 65.1 Å². The maximum Gasteiger partial charge on any atom is 0.220 e. The average molecular weight is 954 g/mol. The first-order valence-electron chi connectivity index (χ1n) is 26.4. The Bertz CT molecular complexity index is 1310. The fraction of sp³-hybridized carbons (Fsp3) is 0.830. The molecule has 2 heterocycles. The van der Waals surface area contributed by atoms with Crippen LogP contribution in [-0.2, 0) is 23.7 Å². The number of aliphatic hydroxyl groups is 8. The van der Waals surface area contributed by atoms with Gasteiger partial charge in [0.05, 0.1) is 32.0 Å². The number of nitrogens with one attached hydrogen (secondary N) is 1. The first-order chi connectivity index (χ1) is 32.6. The van der Waals surface area contributed by atoms with Crippen LogP contribution in [0.3, 0.4) is 0 Å². The van der Waals surface area contributed by atoms with Crippen LogP contribution in [0.4, 0.5) is 0 Å². The molecule has 12 unspecified atom stereocenters. The topological polar surface area (TPSA) is 228 Å². The van der Waals surface area contributed by atoms with Crippen LogP contribution >= 0.6 is 0 Å². The summed E-state index contributed by atoms with van der Waals surface area (Å²) in [7, 11) is 0. The van der Waals surface area contributed by atoms with Crippen LogP contribution in [0.15, 0.2) is 48.6 Å². The number of amides is 1. The third-order valence-corrected chi connectivity index (χ3v) is 12.7. The van der Waals surface area contributed by atoms with Gasteiger partial charge in [-0.3, -0.25) is 4.79 Å². The van der Waals surface area contributed by atoms with Gasteiger partial charge in [0.2, 0.25) is 5.91 Å². The van der Waals surface area contributed by atoms with Crippen molar-refractivity contribution in [1.82, 2.24) is 5.32 Å². The zero-order valence-electron chi connectivity index (χ0n) is 41.4. The molecule has 2 fully saturated rings. The Morgan fingerprint density at radius 3 is 1.46 bits per heavy atom. The molecule has 0 aromatic rings. The molecule has 14 heteroatoms. The lowest BCUT2D eigenvalue weighted by atomic mass is 9.97. The van der Waals surface area contributed by atoms with Gasteiger partial charge in [-0.25, -0.2) is 0 Å². The molecule has 2 aliphatic heterocycles. The maximum atomic E-state index is 13.2. The van der Waals surface area contributed by atoms with Gasteiger partial charge in [0, 0.05) is 6.42 Å². The number of carbonyl (C=O) groups is 1. The highest BCUT2D eigenvalue weighted by Crippen LogP contribution is 2.30. The fourth-order valence-electron chi connectivity index (χ4n) is 8.37. The summed E-state index contributed by atoms with van der Waals surface area (Å²) >= 11 is 0. The van der Waals surface area contributed by atoms with Crippen LogP contribution in [0.5, 0.6) is 0 Å². The third-order valence-electron chi connectivity index (χ3n) is 12.7. The second-order valence-corrected chi connectivity index (χ2v) is 18.6. The zero-order chi connectivity index (χ0) is 48.9. The first-order valence-corrected chi connectivity index (χ1v) is 26.4. The Morgan fingerprint density at radius 1 is 0.522 bits per heavy atom. The smallest absolute Gasteiger partial charge is 0.220 e. The molecule has 0 radical (unpaired) electrons. The summed E-state index contributed by atoms with van der Waals surface area (Å²) in [5, 5.41) is 86.7. The Kier molecular flexibility index (Phi) is 36.1. The number of carbonyl (C=O) groups excluding carboxylic acids is 1. The van der Waals surface area contributed by atoms with E-state index in [9.17, 15) is 45.6 Å². The number of unbranched alkanes of at least 4 members (excludes halogenated alkanes) is 21. The molecular formula is C53H95NO13. The number of allylic oxidation sites excluding steroid dienone is 7. The van der Waals surface area contributed by atoms with Crippen molar-refractivity contribution in [2.45, 2.75) is 261 Å². The predicted octanol–water partition coefficient (Wildman–Crippen LogP) is 7.27. The average Bonchev–Trinajstić information content (AvgIpc) is 3.32. The highest BCUT2D eigenvalue weighted by atomic mass is 16.7. The van der Waals surface area contributed by atoms with Gasteiger partial charge in [0.25, 0.3) is 0 Å². The molecule has 2 rings (SSSR count). The number of hydrogen-bond donors (Lipinski definition) is 9. The quantitative estimate of drug-likeness (QED) is 0.0218. The summed E-state index contributed by atoms with van der Waals surface area (Å²) in [6, 6.07) is -0.941. The van der Waals surface area contributed by atoms with Gasteiger partial charge in [-0.05, 0) is 70.6 Å². The minimum absolute atomic E-state index is 0.259. The van der Waals surface area contributed by atoms with Gasteiger partial charge >= 0.3 is 0 Å². The van der Waals surface area contributed by atoms with Crippen molar-refractivity contribution in [3.63, 3.8) is 0 Å². The van der Waals surface area contributed by atoms with E-state index >= 15 is 0 Å². The summed E-state index contributed by atoms with van der Waals surface area (Å²) in [6.07, 6.45) is 30.1. The molecule has 390 valence electrons. The molecule has 67 heavy (non-hydrogen) atoms. The normalized spacial score (nSPS) is 27.0. The Hall–Kier alpha value is -2.05. The van der Waals surface area contributed by atoms with Gasteiger partial charge in [-0.1, -0.05) is 159 Å². The van der Waals surface area contributed by atoms with Crippen LogP contribution in [0.1, 0.15) is 187 Å². The van der Waals surface area contributed by atoms with Crippen LogP contribution < -0.4 is 5.32 Å².